The Morgan fingerprint density at radius 1 is 1.17 bits per heavy atom. The van der Waals surface area contributed by atoms with E-state index in [1.165, 1.54) is 0 Å². The molecule has 0 N–H and O–H groups in total. The topological polar surface area (TPSA) is 64.6 Å². The number of hydrogen-bond acceptors (Lipinski definition) is 7. The van der Waals surface area contributed by atoms with Gasteiger partial charge in [-0.1, -0.05) is 6.07 Å². The van der Waals surface area contributed by atoms with Crippen LogP contribution in [-0.4, -0.2) is 47.3 Å². The summed E-state index contributed by atoms with van der Waals surface area (Å²) in [6.07, 6.45) is 5.49. The fourth-order valence-corrected chi connectivity index (χ4v) is 4.83. The highest BCUT2D eigenvalue weighted by Crippen LogP contribution is 2.36. The molecule has 6 nitrogen and oxygen atoms in total. The van der Waals surface area contributed by atoms with Gasteiger partial charge in [0.2, 0.25) is 0 Å². The first-order valence-electron chi connectivity index (χ1n) is 8.94. The molecule has 4 rings (SSSR count). The number of thioether (sulfide) groups is 1. The lowest BCUT2D eigenvalue weighted by molar-refractivity contribution is 0.0824. The number of pyridine rings is 1. The molecule has 0 spiro atoms. The second-order valence-corrected chi connectivity index (χ2v) is 8.12. The van der Waals surface area contributed by atoms with Gasteiger partial charge in [-0.3, -0.25) is 9.78 Å². The van der Waals surface area contributed by atoms with Crippen LogP contribution in [0.5, 0.6) is 11.5 Å². The molecule has 3 heterocycles. The van der Waals surface area contributed by atoms with Crippen LogP contribution in [0.4, 0.5) is 0 Å². The summed E-state index contributed by atoms with van der Waals surface area (Å²) < 4.78 is 10.8. The number of ether oxygens (including phenoxy) is 2. The number of carbonyl (C=O) groups is 1. The Morgan fingerprint density at radius 2 is 1.97 bits per heavy atom. The zero-order chi connectivity index (χ0) is 20.2. The zero-order valence-electron chi connectivity index (χ0n) is 16.0. The number of nitrogens with zero attached hydrogens (tertiary/aromatic N) is 3. The Balaban J connectivity index is 1.64. The molecule has 0 radical (unpaired) electrons. The average Bonchev–Trinajstić information content (AvgIpc) is 3.43. The Morgan fingerprint density at radius 3 is 2.66 bits per heavy atom. The molecular weight excluding hydrogens is 406 g/mol. The average molecular weight is 426 g/mol. The summed E-state index contributed by atoms with van der Waals surface area (Å²) in [6, 6.07) is 9.21. The first kappa shape index (κ1) is 19.5. The number of benzene rings is 1. The van der Waals surface area contributed by atoms with Crippen molar-refractivity contribution in [3.05, 3.63) is 64.4 Å². The normalized spacial score (nSPS) is 15.0. The van der Waals surface area contributed by atoms with E-state index in [0.717, 1.165) is 27.0 Å². The van der Waals surface area contributed by atoms with Crippen LogP contribution in [0.25, 0.3) is 16.6 Å². The van der Waals surface area contributed by atoms with E-state index < -0.39 is 0 Å². The van der Waals surface area contributed by atoms with E-state index in [1.807, 2.05) is 23.6 Å². The van der Waals surface area contributed by atoms with Crippen molar-refractivity contribution < 1.29 is 14.3 Å². The van der Waals surface area contributed by atoms with Crippen molar-refractivity contribution in [2.75, 3.05) is 26.5 Å². The lowest BCUT2D eigenvalue weighted by atomic mass is 10.1. The predicted octanol–water partition coefficient (Wildman–Crippen LogP) is 4.41. The van der Waals surface area contributed by atoms with E-state index >= 15 is 0 Å². The first-order valence-corrected chi connectivity index (χ1v) is 10.8. The SMILES string of the molecule is COc1cccc(OC)c1C(=O)N1CCS/C1=C/c1csc(-c2cccnc2)n1. The summed E-state index contributed by atoms with van der Waals surface area (Å²) in [7, 11) is 3.10. The molecule has 0 bridgehead atoms. The van der Waals surface area contributed by atoms with Gasteiger partial charge < -0.3 is 14.4 Å². The van der Waals surface area contributed by atoms with Crippen molar-refractivity contribution in [1.82, 2.24) is 14.9 Å². The summed E-state index contributed by atoms with van der Waals surface area (Å²) in [5.41, 5.74) is 2.23. The van der Waals surface area contributed by atoms with Gasteiger partial charge in [-0.2, -0.15) is 0 Å². The van der Waals surface area contributed by atoms with Crippen molar-refractivity contribution in [2.24, 2.45) is 0 Å². The van der Waals surface area contributed by atoms with Gasteiger partial charge >= 0.3 is 0 Å². The van der Waals surface area contributed by atoms with E-state index in [4.69, 9.17) is 9.47 Å². The molecule has 1 aliphatic rings. The van der Waals surface area contributed by atoms with E-state index in [1.54, 1.807) is 72.8 Å². The number of aromatic nitrogens is 2. The molecule has 1 aromatic carbocycles. The third-order valence-electron chi connectivity index (χ3n) is 4.42. The maximum Gasteiger partial charge on any atom is 0.266 e. The molecule has 2 aromatic heterocycles. The fourth-order valence-electron chi connectivity index (χ4n) is 3.05. The molecule has 0 unspecified atom stereocenters. The van der Waals surface area contributed by atoms with Crippen molar-refractivity contribution in [3.8, 4) is 22.1 Å². The van der Waals surface area contributed by atoms with Crippen LogP contribution in [0.15, 0.2) is 53.1 Å². The lowest BCUT2D eigenvalue weighted by Crippen LogP contribution is -2.27. The smallest absolute Gasteiger partial charge is 0.266 e. The number of thiazole rings is 1. The molecule has 8 heteroatoms. The lowest BCUT2D eigenvalue weighted by Gasteiger charge is -2.20. The monoisotopic (exact) mass is 425 g/mol. The van der Waals surface area contributed by atoms with Crippen LogP contribution in [0.3, 0.4) is 0 Å². The zero-order valence-corrected chi connectivity index (χ0v) is 17.6. The Kier molecular flexibility index (Phi) is 5.82. The Hall–Kier alpha value is -2.84. The molecule has 1 aliphatic heterocycles. The summed E-state index contributed by atoms with van der Waals surface area (Å²) in [4.78, 5) is 23.9. The third kappa shape index (κ3) is 3.99. The van der Waals surface area contributed by atoms with Gasteiger partial charge in [0.15, 0.2) is 0 Å². The maximum atomic E-state index is 13.3. The van der Waals surface area contributed by atoms with Crippen molar-refractivity contribution >= 4 is 35.1 Å². The molecule has 1 saturated heterocycles. The molecule has 29 heavy (non-hydrogen) atoms. The van der Waals surface area contributed by atoms with Crippen molar-refractivity contribution in [1.29, 1.82) is 0 Å². The molecule has 1 fully saturated rings. The highest BCUT2D eigenvalue weighted by molar-refractivity contribution is 8.03. The second kappa shape index (κ2) is 8.67. The van der Waals surface area contributed by atoms with Crippen molar-refractivity contribution in [2.45, 2.75) is 0 Å². The first-order chi connectivity index (χ1) is 14.2. The van der Waals surface area contributed by atoms with Crippen LogP contribution in [0, 0.1) is 0 Å². The number of amides is 1. The van der Waals surface area contributed by atoms with Gasteiger partial charge in [0.1, 0.15) is 22.1 Å². The largest absolute Gasteiger partial charge is 0.496 e. The molecule has 3 aromatic rings. The minimum absolute atomic E-state index is 0.140. The minimum atomic E-state index is -0.140. The summed E-state index contributed by atoms with van der Waals surface area (Å²) in [6.45, 7) is 0.621. The van der Waals surface area contributed by atoms with Crippen LogP contribution in [0.2, 0.25) is 0 Å². The van der Waals surface area contributed by atoms with Gasteiger partial charge in [-0.05, 0) is 30.3 Å². The summed E-state index contributed by atoms with van der Waals surface area (Å²) >= 11 is 3.19. The van der Waals surface area contributed by atoms with Crippen LogP contribution >= 0.6 is 23.1 Å². The van der Waals surface area contributed by atoms with Gasteiger partial charge in [0.05, 0.1) is 24.9 Å². The number of methoxy groups -OCH3 is 2. The fraction of sp³-hybridized carbons (Fsp3) is 0.190. The van der Waals surface area contributed by atoms with Gasteiger partial charge in [0, 0.05) is 35.6 Å². The quantitative estimate of drug-likeness (QED) is 0.603. The number of rotatable bonds is 5. The molecule has 1 amide bonds. The van der Waals surface area contributed by atoms with E-state index in [0.29, 0.717) is 23.6 Å². The molecular formula is C21H19N3O3S2. The van der Waals surface area contributed by atoms with Gasteiger partial charge in [-0.15, -0.1) is 23.1 Å². The Bertz CT molecular complexity index is 1030. The molecule has 0 saturated carbocycles. The maximum absolute atomic E-state index is 13.3. The van der Waals surface area contributed by atoms with Crippen LogP contribution < -0.4 is 9.47 Å². The van der Waals surface area contributed by atoms with E-state index in [-0.39, 0.29) is 5.91 Å². The standard InChI is InChI=1S/C21H19N3O3S2/c1-26-16-6-3-7-17(27-2)19(16)21(25)24-9-10-28-18(24)11-15-13-29-20(23-15)14-5-4-8-22-12-14/h3-8,11-13H,9-10H2,1-2H3/b18-11+. The predicted molar refractivity (Wildman–Crippen MR) is 116 cm³/mol. The molecule has 0 atom stereocenters. The molecule has 0 aliphatic carbocycles. The van der Waals surface area contributed by atoms with Gasteiger partial charge in [-0.25, -0.2) is 4.98 Å². The van der Waals surface area contributed by atoms with E-state index in [9.17, 15) is 4.79 Å². The van der Waals surface area contributed by atoms with Crippen molar-refractivity contribution in [3.63, 3.8) is 0 Å². The van der Waals surface area contributed by atoms with Crippen LogP contribution in [-0.2, 0) is 0 Å². The highest BCUT2D eigenvalue weighted by atomic mass is 32.2. The highest BCUT2D eigenvalue weighted by Gasteiger charge is 2.30. The summed E-state index contributed by atoms with van der Waals surface area (Å²) in [5.74, 6) is 1.68. The summed E-state index contributed by atoms with van der Waals surface area (Å²) in [5, 5.41) is 3.75. The number of hydrogen-bond donors (Lipinski definition) is 0. The second-order valence-electron chi connectivity index (χ2n) is 6.14. The van der Waals surface area contributed by atoms with Gasteiger partial charge in [0.25, 0.3) is 5.91 Å². The number of carbonyl (C=O) groups excluding carboxylic acids is 1. The Labute approximate surface area is 177 Å². The molecule has 148 valence electrons. The van der Waals surface area contributed by atoms with Crippen LogP contribution in [0.1, 0.15) is 16.1 Å². The third-order valence-corrected chi connectivity index (χ3v) is 6.35. The van der Waals surface area contributed by atoms with E-state index in [2.05, 4.69) is 9.97 Å². The minimum Gasteiger partial charge on any atom is -0.496 e.